The van der Waals surface area contributed by atoms with E-state index in [1.165, 1.54) is 0 Å². The van der Waals surface area contributed by atoms with Crippen LogP contribution in [0.3, 0.4) is 0 Å². The molecule has 1 aliphatic carbocycles. The number of carbonyl (C=O) groups is 1. The second kappa shape index (κ2) is 5.43. The molecule has 4 heteroatoms. The van der Waals surface area contributed by atoms with Gasteiger partial charge >= 0.3 is 6.09 Å². The van der Waals surface area contributed by atoms with Crippen molar-refractivity contribution in [3.8, 4) is 0 Å². The van der Waals surface area contributed by atoms with Crippen LogP contribution in [-0.2, 0) is 16.1 Å². The van der Waals surface area contributed by atoms with E-state index in [1.807, 2.05) is 63.3 Å². The van der Waals surface area contributed by atoms with Crippen LogP contribution in [0.4, 0.5) is 4.79 Å². The van der Waals surface area contributed by atoms with Crippen LogP contribution in [0.5, 0.6) is 0 Å². The van der Waals surface area contributed by atoms with Crippen LogP contribution in [0.25, 0.3) is 0 Å². The average molecular weight is 301 g/mol. The zero-order valence-electron chi connectivity index (χ0n) is 13.4. The molecule has 1 aliphatic heterocycles. The van der Waals surface area contributed by atoms with Gasteiger partial charge in [0, 0.05) is 6.54 Å². The van der Waals surface area contributed by atoms with Gasteiger partial charge in [0.2, 0.25) is 0 Å². The summed E-state index contributed by atoms with van der Waals surface area (Å²) < 4.78 is 11.6. The number of hydrogen-bond donors (Lipinski definition) is 0. The molecular weight excluding hydrogens is 278 g/mol. The number of amides is 1. The fourth-order valence-electron chi connectivity index (χ4n) is 2.88. The smallest absolute Gasteiger partial charge is 0.411 e. The SMILES string of the molecule is CC(C)(C)OC(=O)N1CC[C@H](OCc2ccccc2)C12C=C2. The van der Waals surface area contributed by atoms with E-state index in [9.17, 15) is 4.79 Å². The van der Waals surface area contributed by atoms with Crippen LogP contribution >= 0.6 is 0 Å². The molecule has 2 aliphatic rings. The van der Waals surface area contributed by atoms with Crippen molar-refractivity contribution >= 4 is 6.09 Å². The van der Waals surface area contributed by atoms with Gasteiger partial charge in [0.1, 0.15) is 11.1 Å². The van der Waals surface area contributed by atoms with Crippen LogP contribution in [0, 0.1) is 0 Å². The minimum absolute atomic E-state index is 0.0141. The van der Waals surface area contributed by atoms with Crippen LogP contribution in [0.1, 0.15) is 32.8 Å². The molecule has 1 aromatic rings. The Labute approximate surface area is 131 Å². The van der Waals surface area contributed by atoms with Crippen molar-refractivity contribution in [3.05, 3.63) is 48.0 Å². The molecule has 22 heavy (non-hydrogen) atoms. The molecule has 0 unspecified atom stereocenters. The summed E-state index contributed by atoms with van der Waals surface area (Å²) in [5, 5.41) is 0. The van der Waals surface area contributed by atoms with E-state index in [2.05, 4.69) is 0 Å². The molecule has 0 radical (unpaired) electrons. The lowest BCUT2D eigenvalue weighted by atomic mass is 10.1. The molecule has 1 heterocycles. The standard InChI is InChI=1S/C18H23NO3/c1-17(2,3)22-16(20)19-12-9-15(18(19)10-11-18)21-13-14-7-5-4-6-8-14/h4-8,10-11,15H,9,12-13H2,1-3H3/t15-/m0/s1. The average Bonchev–Trinajstić information content (AvgIpc) is 3.13. The first-order chi connectivity index (χ1) is 10.4. The van der Waals surface area contributed by atoms with Crippen molar-refractivity contribution in [2.75, 3.05) is 6.54 Å². The largest absolute Gasteiger partial charge is 0.444 e. The Hall–Kier alpha value is -1.81. The van der Waals surface area contributed by atoms with Crippen molar-refractivity contribution < 1.29 is 14.3 Å². The molecule has 1 saturated heterocycles. The summed E-state index contributed by atoms with van der Waals surface area (Å²) in [5.74, 6) is 0. The number of benzene rings is 1. The summed E-state index contributed by atoms with van der Waals surface area (Å²) >= 11 is 0. The predicted molar refractivity (Wildman–Crippen MR) is 84.4 cm³/mol. The zero-order valence-corrected chi connectivity index (χ0v) is 13.4. The van der Waals surface area contributed by atoms with Crippen molar-refractivity contribution in [1.29, 1.82) is 0 Å². The van der Waals surface area contributed by atoms with E-state index in [1.54, 1.807) is 4.90 Å². The van der Waals surface area contributed by atoms with Gasteiger partial charge in [-0.3, -0.25) is 4.90 Å². The molecule has 1 spiro atoms. The lowest BCUT2D eigenvalue weighted by molar-refractivity contribution is -0.00486. The first kappa shape index (κ1) is 15.1. The molecule has 0 aromatic heterocycles. The van der Waals surface area contributed by atoms with E-state index in [0.29, 0.717) is 13.2 Å². The summed E-state index contributed by atoms with van der Waals surface area (Å²) in [4.78, 5) is 14.1. The Morgan fingerprint density at radius 2 is 1.95 bits per heavy atom. The van der Waals surface area contributed by atoms with Crippen molar-refractivity contribution in [2.45, 2.75) is 51.0 Å². The Morgan fingerprint density at radius 3 is 2.55 bits per heavy atom. The Bertz CT molecular complexity index is 568. The van der Waals surface area contributed by atoms with E-state index in [4.69, 9.17) is 9.47 Å². The fraction of sp³-hybridized carbons (Fsp3) is 0.500. The maximum absolute atomic E-state index is 12.3. The summed E-state index contributed by atoms with van der Waals surface area (Å²) in [6, 6.07) is 10.1. The normalized spacial score (nSPS) is 22.1. The predicted octanol–water partition coefficient (Wildman–Crippen LogP) is 3.52. The van der Waals surface area contributed by atoms with Gasteiger partial charge in [0.25, 0.3) is 0 Å². The summed E-state index contributed by atoms with van der Waals surface area (Å²) in [5.41, 5.74) is 0.307. The molecule has 1 amide bonds. The fourth-order valence-corrected chi connectivity index (χ4v) is 2.88. The second-order valence-corrected chi connectivity index (χ2v) is 6.93. The highest BCUT2D eigenvalue weighted by Gasteiger charge is 2.55. The Morgan fingerprint density at radius 1 is 1.27 bits per heavy atom. The minimum atomic E-state index is -0.476. The summed E-state index contributed by atoms with van der Waals surface area (Å²) in [7, 11) is 0. The maximum Gasteiger partial charge on any atom is 0.411 e. The summed E-state index contributed by atoms with van der Waals surface area (Å²) in [6.07, 6.45) is 4.67. The van der Waals surface area contributed by atoms with Crippen molar-refractivity contribution in [3.63, 3.8) is 0 Å². The van der Waals surface area contributed by atoms with E-state index in [-0.39, 0.29) is 17.7 Å². The van der Waals surface area contributed by atoms with Crippen molar-refractivity contribution in [1.82, 2.24) is 4.90 Å². The second-order valence-electron chi connectivity index (χ2n) is 6.93. The Balaban J connectivity index is 1.61. The number of ether oxygens (including phenoxy) is 2. The molecule has 1 aromatic carbocycles. The minimum Gasteiger partial charge on any atom is -0.444 e. The zero-order chi connectivity index (χ0) is 15.8. The molecule has 0 N–H and O–H groups in total. The summed E-state index contributed by atoms with van der Waals surface area (Å²) in [6.45, 7) is 6.89. The number of likely N-dealkylation sites (tertiary alicyclic amines) is 1. The quantitative estimate of drug-likeness (QED) is 0.802. The van der Waals surface area contributed by atoms with Crippen LogP contribution in [-0.4, -0.2) is 34.8 Å². The van der Waals surface area contributed by atoms with E-state index < -0.39 is 5.60 Å². The lowest BCUT2D eigenvalue weighted by Gasteiger charge is -2.31. The van der Waals surface area contributed by atoms with Gasteiger partial charge < -0.3 is 9.47 Å². The van der Waals surface area contributed by atoms with Gasteiger partial charge in [-0.2, -0.15) is 0 Å². The molecule has 1 atom stereocenters. The maximum atomic E-state index is 12.3. The number of nitrogens with zero attached hydrogens (tertiary/aromatic N) is 1. The third kappa shape index (κ3) is 3.02. The molecular formula is C18H23NO3. The third-order valence-corrected chi connectivity index (χ3v) is 4.01. The van der Waals surface area contributed by atoms with Gasteiger partial charge in [-0.15, -0.1) is 0 Å². The van der Waals surface area contributed by atoms with Gasteiger partial charge in [0.05, 0.1) is 12.7 Å². The topological polar surface area (TPSA) is 38.8 Å². The molecule has 1 fully saturated rings. The van der Waals surface area contributed by atoms with Gasteiger partial charge in [-0.25, -0.2) is 4.79 Å². The Kier molecular flexibility index (Phi) is 3.73. The van der Waals surface area contributed by atoms with Crippen LogP contribution in [0.15, 0.2) is 42.5 Å². The lowest BCUT2D eigenvalue weighted by Crippen LogP contribution is -2.46. The van der Waals surface area contributed by atoms with Gasteiger partial charge in [-0.1, -0.05) is 42.5 Å². The molecule has 4 nitrogen and oxygen atoms in total. The monoisotopic (exact) mass is 301 g/mol. The van der Waals surface area contributed by atoms with E-state index >= 15 is 0 Å². The molecule has 3 rings (SSSR count). The van der Waals surface area contributed by atoms with Gasteiger partial charge in [-0.05, 0) is 32.8 Å². The van der Waals surface area contributed by atoms with Crippen LogP contribution in [0.2, 0.25) is 0 Å². The highest BCUT2D eigenvalue weighted by Crippen LogP contribution is 2.44. The van der Waals surface area contributed by atoms with Crippen molar-refractivity contribution in [2.24, 2.45) is 0 Å². The third-order valence-electron chi connectivity index (χ3n) is 4.01. The molecule has 0 saturated carbocycles. The number of hydrogen-bond acceptors (Lipinski definition) is 3. The molecule has 0 bridgehead atoms. The number of rotatable bonds is 3. The first-order valence-electron chi connectivity index (χ1n) is 7.77. The van der Waals surface area contributed by atoms with Crippen LogP contribution < -0.4 is 0 Å². The van der Waals surface area contributed by atoms with Gasteiger partial charge in [0.15, 0.2) is 0 Å². The highest BCUT2D eigenvalue weighted by atomic mass is 16.6. The van der Waals surface area contributed by atoms with E-state index in [0.717, 1.165) is 12.0 Å². The highest BCUT2D eigenvalue weighted by molar-refractivity contribution is 5.73. The number of carbonyl (C=O) groups excluding carboxylic acids is 1. The molecule has 118 valence electrons. The first-order valence-corrected chi connectivity index (χ1v) is 7.77.